The monoisotopic (exact) mass is 479 g/mol. The fraction of sp³-hybridized carbons (Fsp3) is 0.708. The van der Waals surface area contributed by atoms with Crippen LogP contribution in [0.2, 0.25) is 5.02 Å². The van der Waals surface area contributed by atoms with E-state index < -0.39 is 10.0 Å². The van der Waals surface area contributed by atoms with Crippen LogP contribution in [0.15, 0.2) is 23.1 Å². The number of rotatable bonds is 5. The second-order valence-corrected chi connectivity index (χ2v) is 12.9. The minimum Gasteiger partial charge on any atom is -0.337 e. The van der Waals surface area contributed by atoms with Crippen molar-refractivity contribution in [3.63, 3.8) is 0 Å². The lowest BCUT2D eigenvalue weighted by Crippen LogP contribution is -2.62. The SMILES string of the molecule is Cc1c(Cl)cccc1S(=O)(=O)N1CCCCC1CNC(=O)NC12CC3CC(CC(C3)C1)C2. The molecule has 1 atom stereocenters. The summed E-state index contributed by atoms with van der Waals surface area (Å²) in [5.74, 6) is 2.30. The molecule has 1 aromatic rings. The number of halogens is 1. The van der Waals surface area contributed by atoms with Crippen LogP contribution < -0.4 is 10.6 Å². The maximum atomic E-state index is 13.5. The van der Waals surface area contributed by atoms with Crippen molar-refractivity contribution in [3.05, 3.63) is 28.8 Å². The van der Waals surface area contributed by atoms with Crippen LogP contribution in [0.3, 0.4) is 0 Å². The van der Waals surface area contributed by atoms with Gasteiger partial charge in [-0.3, -0.25) is 0 Å². The molecule has 1 unspecified atom stereocenters. The van der Waals surface area contributed by atoms with Crippen LogP contribution in [0.25, 0.3) is 0 Å². The van der Waals surface area contributed by atoms with Crippen molar-refractivity contribution in [1.82, 2.24) is 14.9 Å². The smallest absolute Gasteiger partial charge is 0.315 e. The van der Waals surface area contributed by atoms with Gasteiger partial charge in [0.1, 0.15) is 0 Å². The molecule has 0 spiro atoms. The highest BCUT2D eigenvalue weighted by Gasteiger charge is 2.51. The van der Waals surface area contributed by atoms with E-state index in [2.05, 4.69) is 10.6 Å². The number of carbonyl (C=O) groups excluding carboxylic acids is 1. The Kier molecular flexibility index (Phi) is 5.96. The van der Waals surface area contributed by atoms with Crippen molar-refractivity contribution >= 4 is 27.7 Å². The van der Waals surface area contributed by atoms with Crippen molar-refractivity contribution in [2.75, 3.05) is 13.1 Å². The van der Waals surface area contributed by atoms with Crippen LogP contribution in [-0.4, -0.2) is 43.4 Å². The van der Waals surface area contributed by atoms with E-state index in [1.165, 1.54) is 19.3 Å². The number of amides is 2. The van der Waals surface area contributed by atoms with Crippen LogP contribution in [0.1, 0.15) is 63.4 Å². The third kappa shape index (κ3) is 4.16. The lowest BCUT2D eigenvalue weighted by atomic mass is 9.53. The molecule has 1 aromatic carbocycles. The minimum absolute atomic E-state index is 0.0466. The van der Waals surface area contributed by atoms with Crippen LogP contribution in [0.4, 0.5) is 4.79 Å². The maximum Gasteiger partial charge on any atom is 0.315 e. The molecule has 2 N–H and O–H groups in total. The molecule has 4 aliphatic carbocycles. The first-order valence-corrected chi connectivity index (χ1v) is 13.9. The van der Waals surface area contributed by atoms with Gasteiger partial charge in [0.25, 0.3) is 0 Å². The Morgan fingerprint density at radius 3 is 2.44 bits per heavy atom. The maximum absolute atomic E-state index is 13.5. The molecule has 1 saturated heterocycles. The molecular formula is C24H34ClN3O3S. The lowest BCUT2D eigenvalue weighted by molar-refractivity contribution is -0.0135. The first-order chi connectivity index (χ1) is 15.3. The molecule has 0 radical (unpaired) electrons. The molecule has 0 aromatic heterocycles. The van der Waals surface area contributed by atoms with E-state index >= 15 is 0 Å². The normalized spacial score (nSPS) is 34.4. The molecule has 5 fully saturated rings. The van der Waals surface area contributed by atoms with Gasteiger partial charge in [-0.25, -0.2) is 13.2 Å². The zero-order chi connectivity index (χ0) is 22.5. The molecule has 1 aliphatic heterocycles. The van der Waals surface area contributed by atoms with E-state index in [-0.39, 0.29) is 22.5 Å². The summed E-state index contributed by atoms with van der Waals surface area (Å²) < 4.78 is 28.5. The van der Waals surface area contributed by atoms with Crippen LogP contribution in [-0.2, 0) is 10.0 Å². The Hall–Kier alpha value is -1.31. The van der Waals surface area contributed by atoms with E-state index in [9.17, 15) is 13.2 Å². The van der Waals surface area contributed by atoms with Gasteiger partial charge in [0, 0.05) is 29.7 Å². The van der Waals surface area contributed by atoms with E-state index in [4.69, 9.17) is 11.6 Å². The van der Waals surface area contributed by atoms with Gasteiger partial charge in [0.15, 0.2) is 0 Å². The number of sulfonamides is 1. The van der Waals surface area contributed by atoms with Crippen LogP contribution in [0, 0.1) is 24.7 Å². The van der Waals surface area contributed by atoms with Crippen LogP contribution in [0.5, 0.6) is 0 Å². The Bertz CT molecular complexity index is 961. The molecule has 4 bridgehead atoms. The molecule has 32 heavy (non-hydrogen) atoms. The van der Waals surface area contributed by atoms with Crippen molar-refractivity contribution in [2.45, 2.75) is 81.2 Å². The predicted octanol–water partition coefficient (Wildman–Crippen LogP) is 4.46. The zero-order valence-corrected chi connectivity index (χ0v) is 20.4. The van der Waals surface area contributed by atoms with Gasteiger partial charge in [-0.1, -0.05) is 24.1 Å². The summed E-state index contributed by atoms with van der Waals surface area (Å²) in [6.45, 7) is 2.54. The third-order valence-corrected chi connectivity index (χ3v) is 10.8. The number of nitrogens with one attached hydrogen (secondary N) is 2. The summed E-state index contributed by atoms with van der Waals surface area (Å²) in [7, 11) is -3.68. The number of nitrogens with zero attached hydrogens (tertiary/aromatic N) is 1. The van der Waals surface area contributed by atoms with Gasteiger partial charge in [-0.2, -0.15) is 4.31 Å². The first-order valence-electron chi connectivity index (χ1n) is 12.1. The fourth-order valence-corrected chi connectivity index (χ4v) is 9.42. The topological polar surface area (TPSA) is 78.5 Å². The Labute approximate surface area is 196 Å². The minimum atomic E-state index is -3.68. The van der Waals surface area contributed by atoms with Crippen molar-refractivity contribution in [3.8, 4) is 0 Å². The number of hydrogen-bond acceptors (Lipinski definition) is 3. The van der Waals surface area contributed by atoms with Gasteiger partial charge in [0.05, 0.1) is 4.90 Å². The highest BCUT2D eigenvalue weighted by molar-refractivity contribution is 7.89. The van der Waals surface area contributed by atoms with E-state index in [1.807, 2.05) is 0 Å². The molecule has 5 aliphatic rings. The predicted molar refractivity (Wildman–Crippen MR) is 125 cm³/mol. The van der Waals surface area contributed by atoms with Gasteiger partial charge in [-0.05, 0) is 93.7 Å². The number of piperidine rings is 1. The average molecular weight is 480 g/mol. The number of benzene rings is 1. The highest BCUT2D eigenvalue weighted by Crippen LogP contribution is 2.55. The summed E-state index contributed by atoms with van der Waals surface area (Å²) in [6, 6.07) is 4.62. The quantitative estimate of drug-likeness (QED) is 0.654. The van der Waals surface area contributed by atoms with Crippen molar-refractivity contribution in [2.24, 2.45) is 17.8 Å². The number of urea groups is 1. The fourth-order valence-electron chi connectivity index (χ4n) is 7.25. The third-order valence-electron chi connectivity index (χ3n) is 8.29. The van der Waals surface area contributed by atoms with Gasteiger partial charge in [-0.15, -0.1) is 0 Å². The first kappa shape index (κ1) is 22.5. The number of carbonyl (C=O) groups is 1. The van der Waals surface area contributed by atoms with Gasteiger partial charge < -0.3 is 10.6 Å². The van der Waals surface area contributed by atoms with Gasteiger partial charge >= 0.3 is 6.03 Å². The Balaban J connectivity index is 1.25. The summed E-state index contributed by atoms with van der Waals surface area (Å²) in [4.78, 5) is 13.1. The largest absolute Gasteiger partial charge is 0.337 e. The molecule has 8 heteroatoms. The zero-order valence-electron chi connectivity index (χ0n) is 18.8. The van der Waals surface area contributed by atoms with Gasteiger partial charge in [0.2, 0.25) is 10.0 Å². The van der Waals surface area contributed by atoms with E-state index in [1.54, 1.807) is 29.4 Å². The van der Waals surface area contributed by atoms with Crippen molar-refractivity contribution < 1.29 is 13.2 Å². The number of hydrogen-bond donors (Lipinski definition) is 2. The molecule has 4 saturated carbocycles. The molecule has 6 nitrogen and oxygen atoms in total. The van der Waals surface area contributed by atoms with E-state index in [0.29, 0.717) is 23.7 Å². The highest BCUT2D eigenvalue weighted by atomic mass is 35.5. The molecule has 176 valence electrons. The average Bonchev–Trinajstić information content (AvgIpc) is 2.73. The van der Waals surface area contributed by atoms with E-state index in [0.717, 1.165) is 56.3 Å². The summed E-state index contributed by atoms with van der Waals surface area (Å²) in [5.41, 5.74) is 0.528. The summed E-state index contributed by atoms with van der Waals surface area (Å²) in [6.07, 6.45) is 9.84. The Morgan fingerprint density at radius 2 is 1.78 bits per heavy atom. The summed E-state index contributed by atoms with van der Waals surface area (Å²) in [5, 5.41) is 6.81. The van der Waals surface area contributed by atoms with Crippen LogP contribution >= 0.6 is 11.6 Å². The second-order valence-electron chi connectivity index (χ2n) is 10.7. The molecule has 1 heterocycles. The van der Waals surface area contributed by atoms with Crippen molar-refractivity contribution in [1.29, 1.82) is 0 Å². The second kappa shape index (κ2) is 8.48. The summed E-state index contributed by atoms with van der Waals surface area (Å²) >= 11 is 6.20. The molecule has 6 rings (SSSR count). The Morgan fingerprint density at radius 1 is 1.12 bits per heavy atom. The molecule has 2 amide bonds. The lowest BCUT2D eigenvalue weighted by Gasteiger charge is -2.56. The molecular weight excluding hydrogens is 446 g/mol. The standard InChI is InChI=1S/C24H34ClN3O3S/c1-16-21(25)6-4-7-22(16)32(30,31)28-8-3-2-5-20(28)15-26-23(29)27-24-12-17-9-18(13-24)11-19(10-17)14-24/h4,6-7,17-20H,2-3,5,8-15H2,1H3,(H2,26,27,29).